The van der Waals surface area contributed by atoms with E-state index in [1.165, 1.54) is 25.9 Å². The number of likely N-dealkylation sites (tertiary alicyclic amines) is 2. The summed E-state index contributed by atoms with van der Waals surface area (Å²) in [5.41, 5.74) is 0. The first-order chi connectivity index (χ1) is 9.06. The Morgan fingerprint density at radius 1 is 1.05 bits per heavy atom. The average Bonchev–Trinajstić information content (AvgIpc) is 2.39. The van der Waals surface area contributed by atoms with Crippen LogP contribution in [-0.2, 0) is 4.79 Å². The normalized spacial score (nSPS) is 24.8. The standard InChI is InChI=1S/C15H29N3O/c1-12(2)17-10-6-15(7-11-17)18-8-4-14(5-9-18)16-13(3)19/h12,14-15H,4-11H2,1-3H3,(H,16,19). The summed E-state index contributed by atoms with van der Waals surface area (Å²) < 4.78 is 0. The van der Waals surface area contributed by atoms with E-state index in [0.29, 0.717) is 12.1 Å². The van der Waals surface area contributed by atoms with Crippen molar-refractivity contribution in [2.75, 3.05) is 26.2 Å². The zero-order chi connectivity index (χ0) is 13.8. The van der Waals surface area contributed by atoms with Crippen molar-refractivity contribution in [2.24, 2.45) is 0 Å². The Balaban J connectivity index is 1.72. The van der Waals surface area contributed by atoms with Crippen LogP contribution in [0.4, 0.5) is 0 Å². The summed E-state index contributed by atoms with van der Waals surface area (Å²) in [6.07, 6.45) is 4.85. The Hall–Kier alpha value is -0.610. The molecule has 2 fully saturated rings. The predicted molar refractivity (Wildman–Crippen MR) is 78.1 cm³/mol. The van der Waals surface area contributed by atoms with Crippen LogP contribution >= 0.6 is 0 Å². The van der Waals surface area contributed by atoms with Crippen LogP contribution in [0.2, 0.25) is 0 Å². The van der Waals surface area contributed by atoms with Crippen LogP contribution in [0.3, 0.4) is 0 Å². The number of hydrogen-bond acceptors (Lipinski definition) is 3. The predicted octanol–water partition coefficient (Wildman–Crippen LogP) is 1.46. The Labute approximate surface area is 117 Å². The molecule has 4 heteroatoms. The van der Waals surface area contributed by atoms with Gasteiger partial charge in [-0.1, -0.05) is 0 Å². The maximum absolute atomic E-state index is 11.1. The minimum Gasteiger partial charge on any atom is -0.354 e. The van der Waals surface area contributed by atoms with Crippen LogP contribution in [0.25, 0.3) is 0 Å². The van der Waals surface area contributed by atoms with E-state index in [4.69, 9.17) is 0 Å². The van der Waals surface area contributed by atoms with Crippen molar-refractivity contribution in [3.63, 3.8) is 0 Å². The van der Waals surface area contributed by atoms with Crippen LogP contribution < -0.4 is 5.32 Å². The molecule has 1 N–H and O–H groups in total. The third-order valence-corrected chi connectivity index (χ3v) is 4.68. The fraction of sp³-hybridized carbons (Fsp3) is 0.933. The molecule has 0 aromatic rings. The van der Waals surface area contributed by atoms with Gasteiger partial charge < -0.3 is 15.1 Å². The zero-order valence-electron chi connectivity index (χ0n) is 12.7. The number of carbonyl (C=O) groups excluding carboxylic acids is 1. The smallest absolute Gasteiger partial charge is 0.217 e. The van der Waals surface area contributed by atoms with Gasteiger partial charge in [0.05, 0.1) is 0 Å². The topological polar surface area (TPSA) is 35.6 Å². The van der Waals surface area contributed by atoms with E-state index in [-0.39, 0.29) is 5.91 Å². The first kappa shape index (κ1) is 14.8. The molecule has 2 aliphatic heterocycles. The molecule has 0 radical (unpaired) electrons. The van der Waals surface area contributed by atoms with E-state index in [2.05, 4.69) is 29.0 Å². The van der Waals surface area contributed by atoms with Gasteiger partial charge in [0.1, 0.15) is 0 Å². The van der Waals surface area contributed by atoms with Crippen LogP contribution in [-0.4, -0.2) is 60.0 Å². The molecule has 4 nitrogen and oxygen atoms in total. The molecule has 110 valence electrons. The van der Waals surface area contributed by atoms with Gasteiger partial charge in [-0.2, -0.15) is 0 Å². The quantitative estimate of drug-likeness (QED) is 0.841. The van der Waals surface area contributed by atoms with Gasteiger partial charge in [-0.15, -0.1) is 0 Å². The molecule has 0 spiro atoms. The molecule has 0 unspecified atom stereocenters. The lowest BCUT2D eigenvalue weighted by Crippen LogP contribution is -2.51. The average molecular weight is 267 g/mol. The Bertz CT molecular complexity index is 290. The highest BCUT2D eigenvalue weighted by molar-refractivity contribution is 5.73. The van der Waals surface area contributed by atoms with Gasteiger partial charge in [0.2, 0.25) is 5.91 Å². The molecule has 0 saturated carbocycles. The minimum absolute atomic E-state index is 0.115. The summed E-state index contributed by atoms with van der Waals surface area (Å²) in [6, 6.07) is 1.87. The van der Waals surface area contributed by atoms with Crippen molar-refractivity contribution >= 4 is 5.91 Å². The Morgan fingerprint density at radius 2 is 1.63 bits per heavy atom. The van der Waals surface area contributed by atoms with E-state index < -0.39 is 0 Å². The van der Waals surface area contributed by atoms with E-state index in [1.807, 2.05) is 0 Å². The van der Waals surface area contributed by atoms with Crippen molar-refractivity contribution in [3.05, 3.63) is 0 Å². The van der Waals surface area contributed by atoms with Crippen molar-refractivity contribution in [3.8, 4) is 0 Å². The van der Waals surface area contributed by atoms with Crippen molar-refractivity contribution in [1.82, 2.24) is 15.1 Å². The van der Waals surface area contributed by atoms with Gasteiger partial charge in [-0.25, -0.2) is 0 Å². The highest BCUT2D eigenvalue weighted by atomic mass is 16.1. The molecule has 19 heavy (non-hydrogen) atoms. The highest BCUT2D eigenvalue weighted by Gasteiger charge is 2.28. The molecule has 0 aliphatic carbocycles. The number of piperidine rings is 2. The van der Waals surface area contributed by atoms with Crippen LogP contribution in [0.15, 0.2) is 0 Å². The lowest BCUT2D eigenvalue weighted by Gasteiger charge is -2.42. The van der Waals surface area contributed by atoms with Crippen LogP contribution in [0.5, 0.6) is 0 Å². The molecule has 0 atom stereocenters. The molecule has 2 saturated heterocycles. The fourth-order valence-corrected chi connectivity index (χ4v) is 3.46. The molecule has 2 rings (SSSR count). The summed E-state index contributed by atoms with van der Waals surface area (Å²) in [6.45, 7) is 11.0. The first-order valence-electron chi connectivity index (χ1n) is 7.81. The summed E-state index contributed by atoms with van der Waals surface area (Å²) in [4.78, 5) is 16.3. The third kappa shape index (κ3) is 4.18. The number of carbonyl (C=O) groups is 1. The first-order valence-corrected chi connectivity index (χ1v) is 7.81. The lowest BCUT2D eigenvalue weighted by atomic mass is 9.97. The van der Waals surface area contributed by atoms with Gasteiger partial charge in [0, 0.05) is 38.1 Å². The number of amides is 1. The minimum atomic E-state index is 0.115. The van der Waals surface area contributed by atoms with Gasteiger partial charge in [0.25, 0.3) is 0 Å². The monoisotopic (exact) mass is 267 g/mol. The Morgan fingerprint density at radius 3 is 2.11 bits per heavy atom. The van der Waals surface area contributed by atoms with E-state index in [9.17, 15) is 4.79 Å². The molecular weight excluding hydrogens is 238 g/mol. The summed E-state index contributed by atoms with van der Waals surface area (Å²) in [7, 11) is 0. The van der Waals surface area contributed by atoms with E-state index in [0.717, 1.165) is 32.0 Å². The highest BCUT2D eigenvalue weighted by Crippen LogP contribution is 2.22. The molecule has 0 aromatic heterocycles. The van der Waals surface area contributed by atoms with Gasteiger partial charge in [-0.05, 0) is 52.6 Å². The van der Waals surface area contributed by atoms with E-state index >= 15 is 0 Å². The summed E-state index contributed by atoms with van der Waals surface area (Å²) in [5.74, 6) is 0.115. The molecular formula is C15H29N3O. The molecule has 1 amide bonds. The van der Waals surface area contributed by atoms with E-state index in [1.54, 1.807) is 6.92 Å². The van der Waals surface area contributed by atoms with Crippen LogP contribution in [0.1, 0.15) is 46.5 Å². The van der Waals surface area contributed by atoms with Gasteiger partial charge in [-0.3, -0.25) is 4.79 Å². The molecule has 0 aromatic carbocycles. The number of rotatable bonds is 3. The van der Waals surface area contributed by atoms with Crippen molar-refractivity contribution in [1.29, 1.82) is 0 Å². The molecule has 2 aliphatic rings. The number of nitrogens with one attached hydrogen (secondary N) is 1. The Kier molecular flexibility index (Phi) is 5.22. The maximum atomic E-state index is 11.1. The second-order valence-electron chi connectivity index (χ2n) is 6.37. The van der Waals surface area contributed by atoms with Crippen molar-refractivity contribution < 1.29 is 4.79 Å². The lowest BCUT2D eigenvalue weighted by molar-refractivity contribution is -0.120. The fourth-order valence-electron chi connectivity index (χ4n) is 3.46. The SMILES string of the molecule is CC(=O)NC1CCN(C2CCN(C(C)C)CC2)CC1. The largest absolute Gasteiger partial charge is 0.354 e. The molecule has 2 heterocycles. The van der Waals surface area contributed by atoms with Gasteiger partial charge >= 0.3 is 0 Å². The molecule has 0 bridgehead atoms. The van der Waals surface area contributed by atoms with Gasteiger partial charge in [0.15, 0.2) is 0 Å². The summed E-state index contributed by atoms with van der Waals surface area (Å²) in [5, 5.41) is 3.05. The van der Waals surface area contributed by atoms with Crippen molar-refractivity contribution in [2.45, 2.75) is 64.6 Å². The van der Waals surface area contributed by atoms with Crippen LogP contribution in [0, 0.1) is 0 Å². The summed E-state index contributed by atoms with van der Waals surface area (Å²) >= 11 is 0. The number of nitrogens with zero attached hydrogens (tertiary/aromatic N) is 2. The zero-order valence-corrected chi connectivity index (χ0v) is 12.7. The second kappa shape index (κ2) is 6.71. The maximum Gasteiger partial charge on any atom is 0.217 e. The third-order valence-electron chi connectivity index (χ3n) is 4.68. The number of hydrogen-bond donors (Lipinski definition) is 1. The second-order valence-corrected chi connectivity index (χ2v) is 6.37.